The Kier molecular flexibility index (Phi) is 7.06. The van der Waals surface area contributed by atoms with Gasteiger partial charge in [-0.2, -0.15) is 0 Å². The van der Waals surface area contributed by atoms with E-state index in [1.165, 1.54) is 5.56 Å². The number of hydrogen-bond acceptors (Lipinski definition) is 3. The Morgan fingerprint density at radius 1 is 1.11 bits per heavy atom. The van der Waals surface area contributed by atoms with Gasteiger partial charge in [0.1, 0.15) is 0 Å². The molecule has 1 aromatic carbocycles. The van der Waals surface area contributed by atoms with Crippen molar-refractivity contribution in [3.05, 3.63) is 35.9 Å². The first-order valence-corrected chi connectivity index (χ1v) is 7.29. The van der Waals surface area contributed by atoms with E-state index < -0.39 is 6.41 Å². The molecule has 1 unspecified atom stereocenters. The van der Waals surface area contributed by atoms with Crippen molar-refractivity contribution >= 4 is 0 Å². The van der Waals surface area contributed by atoms with Crippen LogP contribution in [0.5, 0.6) is 0 Å². The fourth-order valence-corrected chi connectivity index (χ4v) is 2.26. The third-order valence-corrected chi connectivity index (χ3v) is 3.87. The first-order valence-electron chi connectivity index (χ1n) is 7.29. The molecule has 0 heterocycles. The van der Waals surface area contributed by atoms with Gasteiger partial charge in [0.15, 0.2) is 0 Å². The second-order valence-corrected chi connectivity index (χ2v) is 4.90. The highest BCUT2D eigenvalue weighted by atomic mass is 16.6. The highest BCUT2D eigenvalue weighted by molar-refractivity contribution is 5.14. The summed E-state index contributed by atoms with van der Waals surface area (Å²) < 4.78 is 5.77. The number of hydrogen-bond donors (Lipinski definition) is 2. The summed E-state index contributed by atoms with van der Waals surface area (Å²) in [4.78, 5) is 0. The summed E-state index contributed by atoms with van der Waals surface area (Å²) in [6.45, 7) is 7.01. The maximum atomic E-state index is 9.92. The van der Waals surface area contributed by atoms with Crippen LogP contribution in [0.3, 0.4) is 0 Å². The van der Waals surface area contributed by atoms with Gasteiger partial charge in [-0.25, -0.2) is 0 Å². The van der Waals surface area contributed by atoms with Crippen LogP contribution in [0.25, 0.3) is 0 Å². The van der Waals surface area contributed by atoms with Crippen LogP contribution in [0.1, 0.15) is 45.6 Å². The van der Waals surface area contributed by atoms with E-state index in [-0.39, 0.29) is 5.60 Å². The molecule has 2 N–H and O–H groups in total. The van der Waals surface area contributed by atoms with Crippen molar-refractivity contribution in [3.63, 3.8) is 0 Å². The van der Waals surface area contributed by atoms with Crippen molar-refractivity contribution in [2.24, 2.45) is 0 Å². The Labute approximate surface area is 117 Å². The molecule has 0 fully saturated rings. The van der Waals surface area contributed by atoms with Gasteiger partial charge >= 0.3 is 0 Å². The standard InChI is InChI=1S/C16H27NO2/c1-4-16(5-2,6-3)19-15(18)17-13-12-14-10-8-7-9-11-14/h7-11,15,17-18H,4-6,12-13H2,1-3H3. The van der Waals surface area contributed by atoms with Crippen molar-refractivity contribution in [2.45, 2.75) is 58.5 Å². The summed E-state index contributed by atoms with van der Waals surface area (Å²) >= 11 is 0. The molecule has 0 aromatic heterocycles. The normalized spacial score (nSPS) is 13.5. The lowest BCUT2D eigenvalue weighted by atomic mass is 9.94. The lowest BCUT2D eigenvalue weighted by molar-refractivity contribution is -0.203. The van der Waals surface area contributed by atoms with E-state index in [4.69, 9.17) is 4.74 Å². The molecule has 0 saturated carbocycles. The summed E-state index contributed by atoms with van der Waals surface area (Å²) in [6.07, 6.45) is 2.74. The second-order valence-electron chi connectivity index (χ2n) is 4.90. The van der Waals surface area contributed by atoms with Crippen LogP contribution < -0.4 is 5.32 Å². The molecule has 0 radical (unpaired) electrons. The Morgan fingerprint density at radius 2 is 1.68 bits per heavy atom. The first-order chi connectivity index (χ1) is 9.15. The summed E-state index contributed by atoms with van der Waals surface area (Å²) in [5, 5.41) is 12.9. The Hall–Kier alpha value is -0.900. The quantitative estimate of drug-likeness (QED) is 0.674. The number of ether oxygens (including phenoxy) is 1. The zero-order chi connectivity index (χ0) is 14.1. The number of aliphatic hydroxyl groups excluding tert-OH is 1. The van der Waals surface area contributed by atoms with Gasteiger partial charge in [-0.3, -0.25) is 5.32 Å². The van der Waals surface area contributed by atoms with Crippen molar-refractivity contribution in [2.75, 3.05) is 6.54 Å². The molecular weight excluding hydrogens is 238 g/mol. The van der Waals surface area contributed by atoms with E-state index in [0.717, 1.165) is 25.7 Å². The van der Waals surface area contributed by atoms with Gasteiger partial charge in [-0.15, -0.1) is 0 Å². The molecule has 0 spiro atoms. The molecule has 1 atom stereocenters. The first kappa shape index (κ1) is 16.2. The predicted octanol–water partition coefficient (Wildman–Crippen LogP) is 3.08. The molecular formula is C16H27NO2. The smallest absolute Gasteiger partial charge is 0.214 e. The molecule has 3 heteroatoms. The van der Waals surface area contributed by atoms with Crippen LogP contribution >= 0.6 is 0 Å². The van der Waals surface area contributed by atoms with Gasteiger partial charge in [0.2, 0.25) is 6.41 Å². The molecule has 0 aliphatic rings. The van der Waals surface area contributed by atoms with Crippen LogP contribution in [0, 0.1) is 0 Å². The second kappa shape index (κ2) is 8.31. The van der Waals surface area contributed by atoms with Crippen molar-refractivity contribution in [1.29, 1.82) is 0 Å². The van der Waals surface area contributed by atoms with E-state index >= 15 is 0 Å². The highest BCUT2D eigenvalue weighted by Gasteiger charge is 2.27. The van der Waals surface area contributed by atoms with E-state index in [1.807, 2.05) is 18.2 Å². The molecule has 0 aliphatic carbocycles. The highest BCUT2D eigenvalue weighted by Crippen LogP contribution is 2.25. The Bertz CT molecular complexity index is 328. The zero-order valence-electron chi connectivity index (χ0n) is 12.4. The van der Waals surface area contributed by atoms with Crippen molar-refractivity contribution < 1.29 is 9.84 Å². The van der Waals surface area contributed by atoms with Crippen LogP contribution in [-0.4, -0.2) is 23.7 Å². The molecule has 19 heavy (non-hydrogen) atoms. The third kappa shape index (κ3) is 5.31. The fraction of sp³-hybridized carbons (Fsp3) is 0.625. The maximum Gasteiger partial charge on any atom is 0.214 e. The largest absolute Gasteiger partial charge is 0.356 e. The van der Waals surface area contributed by atoms with E-state index in [0.29, 0.717) is 6.54 Å². The summed E-state index contributed by atoms with van der Waals surface area (Å²) in [6, 6.07) is 10.2. The summed E-state index contributed by atoms with van der Waals surface area (Å²) in [5.41, 5.74) is 1.05. The van der Waals surface area contributed by atoms with Crippen molar-refractivity contribution in [1.82, 2.24) is 5.32 Å². The topological polar surface area (TPSA) is 41.5 Å². The number of nitrogens with one attached hydrogen (secondary N) is 1. The number of benzene rings is 1. The molecule has 1 rings (SSSR count). The lowest BCUT2D eigenvalue weighted by Gasteiger charge is -2.33. The van der Waals surface area contributed by atoms with E-state index in [1.54, 1.807) is 0 Å². The van der Waals surface area contributed by atoms with Gasteiger partial charge < -0.3 is 9.84 Å². The number of aliphatic hydroxyl groups is 1. The van der Waals surface area contributed by atoms with Gasteiger partial charge in [0.05, 0.1) is 5.60 Å². The number of rotatable bonds is 9. The Balaban J connectivity index is 2.33. The van der Waals surface area contributed by atoms with Gasteiger partial charge in [-0.05, 0) is 31.2 Å². The average Bonchev–Trinajstić information content (AvgIpc) is 2.46. The maximum absolute atomic E-state index is 9.92. The SMILES string of the molecule is CCC(CC)(CC)OC(O)NCCc1ccccc1. The fourth-order valence-electron chi connectivity index (χ4n) is 2.26. The van der Waals surface area contributed by atoms with Crippen molar-refractivity contribution in [3.8, 4) is 0 Å². The van der Waals surface area contributed by atoms with Crippen LogP contribution in [-0.2, 0) is 11.2 Å². The summed E-state index contributed by atoms with van der Waals surface area (Å²) in [7, 11) is 0. The molecule has 0 saturated heterocycles. The molecule has 1 aromatic rings. The van der Waals surface area contributed by atoms with E-state index in [9.17, 15) is 5.11 Å². The van der Waals surface area contributed by atoms with Gasteiger partial charge in [0.25, 0.3) is 0 Å². The van der Waals surface area contributed by atoms with Crippen LogP contribution in [0.4, 0.5) is 0 Å². The van der Waals surface area contributed by atoms with Crippen LogP contribution in [0.15, 0.2) is 30.3 Å². The zero-order valence-corrected chi connectivity index (χ0v) is 12.4. The minimum atomic E-state index is -0.886. The molecule has 0 aliphatic heterocycles. The Morgan fingerprint density at radius 3 is 2.21 bits per heavy atom. The van der Waals surface area contributed by atoms with E-state index in [2.05, 4.69) is 38.2 Å². The minimum Gasteiger partial charge on any atom is -0.356 e. The third-order valence-electron chi connectivity index (χ3n) is 3.87. The van der Waals surface area contributed by atoms with Gasteiger partial charge in [-0.1, -0.05) is 51.1 Å². The molecule has 0 amide bonds. The predicted molar refractivity (Wildman–Crippen MR) is 78.8 cm³/mol. The molecule has 0 bridgehead atoms. The molecule has 108 valence electrons. The summed E-state index contributed by atoms with van der Waals surface area (Å²) in [5.74, 6) is 0. The minimum absolute atomic E-state index is 0.209. The van der Waals surface area contributed by atoms with Gasteiger partial charge in [0, 0.05) is 6.54 Å². The lowest BCUT2D eigenvalue weighted by Crippen LogP contribution is -2.42. The molecule has 3 nitrogen and oxygen atoms in total. The van der Waals surface area contributed by atoms with Crippen LogP contribution in [0.2, 0.25) is 0 Å². The monoisotopic (exact) mass is 265 g/mol. The average molecular weight is 265 g/mol.